The Labute approximate surface area is 108 Å². The minimum absolute atomic E-state index is 0.893. The molecule has 0 atom stereocenters. The molecule has 0 aliphatic rings. The number of rotatable bonds is 6. The monoisotopic (exact) mass is 245 g/mol. The second-order valence-corrected chi connectivity index (χ2v) is 4.39. The van der Waals surface area contributed by atoms with E-state index in [1.54, 1.807) is 18.1 Å². The third-order valence-electron chi connectivity index (χ3n) is 2.88. The third kappa shape index (κ3) is 3.58. The largest absolute Gasteiger partial charge is 0.497 e. The van der Waals surface area contributed by atoms with E-state index in [4.69, 9.17) is 4.74 Å². The number of ether oxygens (including phenoxy) is 1. The quantitative estimate of drug-likeness (QED) is 0.734. The molecule has 0 aliphatic heterocycles. The predicted molar refractivity (Wildman–Crippen MR) is 70.7 cm³/mol. The maximum absolute atomic E-state index is 5.14. The van der Waals surface area contributed by atoms with Crippen LogP contribution in [0.25, 0.3) is 0 Å². The van der Waals surface area contributed by atoms with Crippen molar-refractivity contribution in [2.75, 3.05) is 7.11 Å². The van der Waals surface area contributed by atoms with Gasteiger partial charge in [0.15, 0.2) is 0 Å². The lowest BCUT2D eigenvalue weighted by molar-refractivity contribution is 0.414. The number of unbranched alkanes of at least 4 members (excludes halogenated alkanes) is 1. The molecule has 18 heavy (non-hydrogen) atoms. The van der Waals surface area contributed by atoms with Crippen LogP contribution in [0.1, 0.15) is 24.1 Å². The molecule has 0 saturated carbocycles. The molecule has 2 rings (SSSR count). The van der Waals surface area contributed by atoms with Gasteiger partial charge >= 0.3 is 0 Å². The molecule has 0 unspecified atom stereocenters. The molecule has 0 aliphatic carbocycles. The van der Waals surface area contributed by atoms with Gasteiger partial charge in [-0.25, -0.2) is 0 Å². The van der Waals surface area contributed by atoms with Crippen molar-refractivity contribution in [3.63, 3.8) is 0 Å². The van der Waals surface area contributed by atoms with Gasteiger partial charge < -0.3 is 4.74 Å². The summed E-state index contributed by atoms with van der Waals surface area (Å²) in [6.45, 7) is 2.85. The van der Waals surface area contributed by atoms with Crippen LogP contribution in [0.5, 0.6) is 5.75 Å². The molecule has 96 valence electrons. The van der Waals surface area contributed by atoms with Gasteiger partial charge in [-0.05, 0) is 43.9 Å². The van der Waals surface area contributed by atoms with Crippen molar-refractivity contribution >= 4 is 0 Å². The number of benzene rings is 1. The van der Waals surface area contributed by atoms with E-state index >= 15 is 0 Å². The summed E-state index contributed by atoms with van der Waals surface area (Å²) >= 11 is 0. The Morgan fingerprint density at radius 1 is 1.17 bits per heavy atom. The molecule has 0 spiro atoms. The van der Waals surface area contributed by atoms with Crippen molar-refractivity contribution in [1.82, 2.24) is 15.0 Å². The van der Waals surface area contributed by atoms with Crippen molar-refractivity contribution in [2.45, 2.75) is 32.7 Å². The first-order valence-electron chi connectivity index (χ1n) is 6.27. The summed E-state index contributed by atoms with van der Waals surface area (Å²) in [5.74, 6) is 0.912. The molecule has 0 bridgehead atoms. The minimum atomic E-state index is 0.893. The van der Waals surface area contributed by atoms with Gasteiger partial charge in [-0.15, -0.1) is 0 Å². The van der Waals surface area contributed by atoms with Crippen LogP contribution in [0.2, 0.25) is 0 Å². The lowest BCUT2D eigenvalue weighted by atomic mass is 10.1. The first-order chi connectivity index (χ1) is 8.78. The Balaban J connectivity index is 1.71. The third-order valence-corrected chi connectivity index (χ3v) is 2.88. The average Bonchev–Trinajstić information content (AvgIpc) is 2.81. The van der Waals surface area contributed by atoms with Crippen LogP contribution in [0.15, 0.2) is 30.5 Å². The normalized spacial score (nSPS) is 10.6. The molecule has 0 N–H and O–H groups in total. The van der Waals surface area contributed by atoms with Gasteiger partial charge in [0.25, 0.3) is 0 Å². The second kappa shape index (κ2) is 6.19. The van der Waals surface area contributed by atoms with E-state index < -0.39 is 0 Å². The summed E-state index contributed by atoms with van der Waals surface area (Å²) in [6.07, 6.45) is 5.13. The standard InChI is InChI=1S/C14H19N3O/c1-12-11-15-17(16-12)10-4-3-5-13-6-8-14(18-2)9-7-13/h6-9,11H,3-5,10H2,1-2H3. The predicted octanol–water partition coefficient (Wildman–Crippen LogP) is 2.62. The van der Waals surface area contributed by atoms with Gasteiger partial charge in [-0.3, -0.25) is 0 Å². The average molecular weight is 245 g/mol. The Bertz CT molecular complexity index is 476. The van der Waals surface area contributed by atoms with Gasteiger partial charge in [0.1, 0.15) is 5.75 Å². The number of nitrogens with zero attached hydrogens (tertiary/aromatic N) is 3. The smallest absolute Gasteiger partial charge is 0.118 e. The highest BCUT2D eigenvalue weighted by molar-refractivity contribution is 5.27. The van der Waals surface area contributed by atoms with Crippen LogP contribution in [0.3, 0.4) is 0 Å². The van der Waals surface area contributed by atoms with Gasteiger partial charge in [0.2, 0.25) is 0 Å². The zero-order chi connectivity index (χ0) is 12.8. The van der Waals surface area contributed by atoms with Crippen molar-refractivity contribution in [1.29, 1.82) is 0 Å². The molecule has 1 aromatic heterocycles. The van der Waals surface area contributed by atoms with Crippen LogP contribution in [0.4, 0.5) is 0 Å². The molecule has 1 heterocycles. The highest BCUT2D eigenvalue weighted by atomic mass is 16.5. The van der Waals surface area contributed by atoms with Gasteiger partial charge in [-0.2, -0.15) is 15.0 Å². The first kappa shape index (κ1) is 12.6. The number of hydrogen-bond donors (Lipinski definition) is 0. The minimum Gasteiger partial charge on any atom is -0.497 e. The summed E-state index contributed by atoms with van der Waals surface area (Å²) < 4.78 is 5.14. The molecule has 0 saturated heterocycles. The van der Waals surface area contributed by atoms with Crippen LogP contribution in [-0.4, -0.2) is 22.1 Å². The van der Waals surface area contributed by atoms with Gasteiger partial charge in [0.05, 0.1) is 25.5 Å². The Hall–Kier alpha value is -1.84. The Morgan fingerprint density at radius 2 is 1.94 bits per heavy atom. The summed E-state index contributed by atoms with van der Waals surface area (Å²) in [5, 5.41) is 8.44. The highest BCUT2D eigenvalue weighted by Gasteiger charge is 1.98. The van der Waals surface area contributed by atoms with E-state index in [2.05, 4.69) is 22.3 Å². The van der Waals surface area contributed by atoms with Crippen LogP contribution >= 0.6 is 0 Å². The fraction of sp³-hybridized carbons (Fsp3) is 0.429. The lowest BCUT2D eigenvalue weighted by Crippen LogP contribution is -2.02. The van der Waals surface area contributed by atoms with Crippen molar-refractivity contribution < 1.29 is 4.74 Å². The maximum atomic E-state index is 5.14. The summed E-state index contributed by atoms with van der Waals surface area (Å²) in [5.41, 5.74) is 2.32. The number of aryl methyl sites for hydroxylation is 3. The topological polar surface area (TPSA) is 39.9 Å². The molecule has 0 radical (unpaired) electrons. The van der Waals surface area contributed by atoms with Crippen LogP contribution in [-0.2, 0) is 13.0 Å². The van der Waals surface area contributed by atoms with Gasteiger partial charge in [-0.1, -0.05) is 12.1 Å². The van der Waals surface area contributed by atoms with E-state index in [9.17, 15) is 0 Å². The summed E-state index contributed by atoms with van der Waals surface area (Å²) in [4.78, 5) is 1.77. The molecule has 4 heteroatoms. The van der Waals surface area contributed by atoms with Crippen molar-refractivity contribution in [3.05, 3.63) is 41.7 Å². The van der Waals surface area contributed by atoms with E-state index in [0.29, 0.717) is 0 Å². The summed E-state index contributed by atoms with van der Waals surface area (Å²) in [7, 11) is 1.69. The van der Waals surface area contributed by atoms with E-state index in [0.717, 1.165) is 37.3 Å². The molecule has 0 fully saturated rings. The zero-order valence-corrected chi connectivity index (χ0v) is 11.0. The molecule has 0 amide bonds. The van der Waals surface area contributed by atoms with E-state index in [1.807, 2.05) is 19.1 Å². The SMILES string of the molecule is COc1ccc(CCCCn2ncc(C)n2)cc1. The molecule has 1 aromatic carbocycles. The summed E-state index contributed by atoms with van der Waals surface area (Å²) in [6, 6.07) is 8.26. The fourth-order valence-electron chi connectivity index (χ4n) is 1.87. The number of aromatic nitrogens is 3. The van der Waals surface area contributed by atoms with Crippen molar-refractivity contribution in [3.8, 4) is 5.75 Å². The first-order valence-corrected chi connectivity index (χ1v) is 6.27. The Kier molecular flexibility index (Phi) is 4.34. The molecule has 2 aromatic rings. The number of methoxy groups -OCH3 is 1. The van der Waals surface area contributed by atoms with Crippen LogP contribution in [0, 0.1) is 6.92 Å². The van der Waals surface area contributed by atoms with E-state index in [-0.39, 0.29) is 0 Å². The Morgan fingerprint density at radius 3 is 2.56 bits per heavy atom. The van der Waals surface area contributed by atoms with Crippen LogP contribution < -0.4 is 4.74 Å². The molecular formula is C14H19N3O. The maximum Gasteiger partial charge on any atom is 0.118 e. The molecular weight excluding hydrogens is 226 g/mol. The highest BCUT2D eigenvalue weighted by Crippen LogP contribution is 2.13. The molecule has 4 nitrogen and oxygen atoms in total. The van der Waals surface area contributed by atoms with E-state index in [1.165, 1.54) is 5.56 Å². The number of hydrogen-bond acceptors (Lipinski definition) is 3. The van der Waals surface area contributed by atoms with Crippen molar-refractivity contribution in [2.24, 2.45) is 0 Å². The lowest BCUT2D eigenvalue weighted by Gasteiger charge is -2.03. The zero-order valence-electron chi connectivity index (χ0n) is 11.0. The fourth-order valence-corrected chi connectivity index (χ4v) is 1.87. The van der Waals surface area contributed by atoms with Gasteiger partial charge in [0, 0.05) is 0 Å². The second-order valence-electron chi connectivity index (χ2n) is 4.39.